The van der Waals surface area contributed by atoms with Crippen LogP contribution in [0.1, 0.15) is 25.7 Å². The molecule has 2 N–H and O–H groups in total. The van der Waals surface area contributed by atoms with Gasteiger partial charge in [0.2, 0.25) is 0 Å². The third kappa shape index (κ3) is 4.13. The fraction of sp³-hybridized carbons (Fsp3) is 0.538. The number of thioether (sulfide) groups is 1. The fourth-order valence-electron chi connectivity index (χ4n) is 2.39. The molecule has 3 nitrogen and oxygen atoms in total. The summed E-state index contributed by atoms with van der Waals surface area (Å²) in [6.45, 7) is 0. The predicted molar refractivity (Wildman–Crippen MR) is 85.3 cm³/mol. The second-order valence-electron chi connectivity index (χ2n) is 5.04. The number of hydrogen-bond donors (Lipinski definition) is 1. The van der Waals surface area contributed by atoms with Crippen LogP contribution in [0.3, 0.4) is 0 Å². The van der Waals surface area contributed by atoms with Crippen LogP contribution in [-0.2, 0) is 9.84 Å². The normalized spacial score (nSPS) is 24.3. The van der Waals surface area contributed by atoms with Gasteiger partial charge < -0.3 is 5.73 Å². The summed E-state index contributed by atoms with van der Waals surface area (Å²) in [6.07, 6.45) is 4.91. The Labute approximate surface area is 127 Å². The van der Waals surface area contributed by atoms with Gasteiger partial charge in [-0.1, -0.05) is 22.4 Å². The van der Waals surface area contributed by atoms with Crippen molar-refractivity contribution in [2.75, 3.05) is 12.0 Å². The molecule has 0 radical (unpaired) electrons. The Balaban J connectivity index is 2.09. The molecule has 0 aliphatic heterocycles. The molecule has 2 unspecified atom stereocenters. The van der Waals surface area contributed by atoms with Crippen molar-refractivity contribution in [2.45, 2.75) is 41.1 Å². The summed E-state index contributed by atoms with van der Waals surface area (Å²) in [5, 5.41) is 0.150. The molecule has 0 heterocycles. The molecular formula is C13H18BrNO2S2. The highest BCUT2D eigenvalue weighted by Crippen LogP contribution is 2.38. The van der Waals surface area contributed by atoms with E-state index in [-0.39, 0.29) is 5.25 Å². The van der Waals surface area contributed by atoms with E-state index in [9.17, 15) is 8.42 Å². The summed E-state index contributed by atoms with van der Waals surface area (Å²) in [7, 11) is -2.92. The molecule has 1 fully saturated rings. The zero-order valence-corrected chi connectivity index (χ0v) is 14.0. The number of nitrogen functional groups attached to an aromatic ring is 1. The van der Waals surface area contributed by atoms with E-state index in [1.807, 2.05) is 18.2 Å². The highest BCUT2D eigenvalue weighted by Gasteiger charge is 2.29. The van der Waals surface area contributed by atoms with Crippen LogP contribution in [0.5, 0.6) is 0 Å². The maximum atomic E-state index is 11.7. The van der Waals surface area contributed by atoms with Crippen LogP contribution in [0.25, 0.3) is 0 Å². The van der Waals surface area contributed by atoms with Crippen molar-refractivity contribution in [1.29, 1.82) is 0 Å². The lowest BCUT2D eigenvalue weighted by Crippen LogP contribution is -2.28. The van der Waals surface area contributed by atoms with Gasteiger partial charge in [0.1, 0.15) is 9.84 Å². The number of sulfone groups is 1. The zero-order chi connectivity index (χ0) is 14.0. The van der Waals surface area contributed by atoms with Crippen molar-refractivity contribution in [1.82, 2.24) is 0 Å². The molecule has 1 aliphatic rings. The van der Waals surface area contributed by atoms with Crippen LogP contribution in [0.15, 0.2) is 27.6 Å². The van der Waals surface area contributed by atoms with Crippen LogP contribution >= 0.6 is 27.7 Å². The second-order valence-corrected chi connectivity index (χ2v) is 9.62. The largest absolute Gasteiger partial charge is 0.398 e. The van der Waals surface area contributed by atoms with Crippen molar-refractivity contribution in [3.05, 3.63) is 22.7 Å². The van der Waals surface area contributed by atoms with E-state index in [0.717, 1.165) is 40.7 Å². The van der Waals surface area contributed by atoms with E-state index >= 15 is 0 Å². The Bertz CT molecular complexity index is 560. The van der Waals surface area contributed by atoms with E-state index in [1.165, 1.54) is 6.26 Å². The van der Waals surface area contributed by atoms with E-state index < -0.39 is 9.84 Å². The van der Waals surface area contributed by atoms with Crippen LogP contribution in [-0.4, -0.2) is 25.2 Å². The fourth-order valence-corrected chi connectivity index (χ4v) is 5.57. The minimum absolute atomic E-state index is 0.188. The Hall–Kier alpha value is -0.200. The maximum Gasteiger partial charge on any atom is 0.150 e. The van der Waals surface area contributed by atoms with Crippen molar-refractivity contribution in [3.8, 4) is 0 Å². The minimum atomic E-state index is -2.92. The number of benzene rings is 1. The molecular weight excluding hydrogens is 346 g/mol. The van der Waals surface area contributed by atoms with Crippen LogP contribution in [0, 0.1) is 0 Å². The topological polar surface area (TPSA) is 60.2 Å². The predicted octanol–water partition coefficient (Wildman–Crippen LogP) is 3.48. The number of nitrogens with two attached hydrogens (primary N) is 1. The van der Waals surface area contributed by atoms with Crippen molar-refractivity contribution in [3.63, 3.8) is 0 Å². The Kier molecular flexibility index (Phi) is 4.84. The van der Waals surface area contributed by atoms with Crippen LogP contribution in [0.2, 0.25) is 0 Å². The van der Waals surface area contributed by atoms with Gasteiger partial charge in [-0.2, -0.15) is 0 Å². The average molecular weight is 364 g/mol. The molecule has 1 aromatic carbocycles. The summed E-state index contributed by atoms with van der Waals surface area (Å²) < 4.78 is 24.3. The summed E-state index contributed by atoms with van der Waals surface area (Å²) in [4.78, 5) is 1.04. The summed E-state index contributed by atoms with van der Waals surface area (Å²) in [6, 6.07) is 5.80. The minimum Gasteiger partial charge on any atom is -0.398 e. The number of halogens is 1. The Morgan fingerprint density at radius 1 is 1.37 bits per heavy atom. The van der Waals surface area contributed by atoms with Gasteiger partial charge >= 0.3 is 0 Å². The van der Waals surface area contributed by atoms with Gasteiger partial charge in [0.15, 0.2) is 0 Å². The van der Waals surface area contributed by atoms with Gasteiger partial charge in [-0.25, -0.2) is 8.42 Å². The summed E-state index contributed by atoms with van der Waals surface area (Å²) >= 11 is 5.15. The summed E-state index contributed by atoms with van der Waals surface area (Å²) in [5.74, 6) is 0. The van der Waals surface area contributed by atoms with Gasteiger partial charge in [0.25, 0.3) is 0 Å². The van der Waals surface area contributed by atoms with Gasteiger partial charge in [-0.3, -0.25) is 0 Å². The van der Waals surface area contributed by atoms with E-state index in [4.69, 9.17) is 5.73 Å². The number of hydrogen-bond acceptors (Lipinski definition) is 4. The summed E-state index contributed by atoms with van der Waals surface area (Å²) in [5.41, 5.74) is 6.73. The quantitative estimate of drug-likeness (QED) is 0.835. The first-order chi connectivity index (χ1) is 8.86. The molecule has 0 saturated heterocycles. The Morgan fingerprint density at radius 3 is 2.79 bits per heavy atom. The molecule has 0 spiro atoms. The van der Waals surface area contributed by atoms with Crippen LogP contribution in [0.4, 0.5) is 5.69 Å². The van der Waals surface area contributed by atoms with Gasteiger partial charge in [0, 0.05) is 26.6 Å². The first-order valence-corrected chi connectivity index (χ1v) is 9.89. The van der Waals surface area contributed by atoms with E-state index in [1.54, 1.807) is 11.8 Å². The van der Waals surface area contributed by atoms with Crippen molar-refractivity contribution in [2.24, 2.45) is 0 Å². The molecule has 0 aromatic heterocycles. The molecule has 19 heavy (non-hydrogen) atoms. The number of rotatable bonds is 3. The molecule has 6 heteroatoms. The molecule has 0 bridgehead atoms. The highest BCUT2D eigenvalue weighted by molar-refractivity contribution is 9.10. The highest BCUT2D eigenvalue weighted by atomic mass is 79.9. The molecule has 2 rings (SSSR count). The SMILES string of the molecule is CS(=O)(=O)C1CCCC(Sc2cc(Br)ccc2N)C1. The molecule has 2 atom stereocenters. The molecule has 1 aliphatic carbocycles. The molecule has 1 aromatic rings. The molecule has 0 amide bonds. The lowest BCUT2D eigenvalue weighted by atomic mass is 10.00. The smallest absolute Gasteiger partial charge is 0.150 e. The maximum absolute atomic E-state index is 11.7. The lowest BCUT2D eigenvalue weighted by Gasteiger charge is -2.27. The third-order valence-electron chi connectivity index (χ3n) is 3.45. The average Bonchev–Trinajstić information content (AvgIpc) is 2.33. The van der Waals surface area contributed by atoms with E-state index in [2.05, 4.69) is 15.9 Å². The zero-order valence-electron chi connectivity index (χ0n) is 10.8. The van der Waals surface area contributed by atoms with Gasteiger partial charge in [0.05, 0.1) is 5.25 Å². The standard InChI is InChI=1S/C13H18BrNO2S2/c1-19(16,17)11-4-2-3-10(8-11)18-13-7-9(14)5-6-12(13)15/h5-7,10-11H,2-4,8,15H2,1H3. The van der Waals surface area contributed by atoms with Gasteiger partial charge in [-0.05, 0) is 37.5 Å². The van der Waals surface area contributed by atoms with Crippen LogP contribution < -0.4 is 5.73 Å². The van der Waals surface area contributed by atoms with Crippen molar-refractivity contribution < 1.29 is 8.42 Å². The lowest BCUT2D eigenvalue weighted by molar-refractivity contribution is 0.495. The van der Waals surface area contributed by atoms with Gasteiger partial charge in [-0.15, -0.1) is 11.8 Å². The third-order valence-corrected chi connectivity index (χ3v) is 6.95. The first-order valence-electron chi connectivity index (χ1n) is 6.27. The Morgan fingerprint density at radius 2 is 2.11 bits per heavy atom. The molecule has 106 valence electrons. The second kappa shape index (κ2) is 6.06. The van der Waals surface area contributed by atoms with E-state index in [0.29, 0.717) is 5.25 Å². The van der Waals surface area contributed by atoms with Crippen molar-refractivity contribution >= 4 is 43.2 Å². The number of anilines is 1. The monoisotopic (exact) mass is 363 g/mol. The molecule has 1 saturated carbocycles. The first kappa shape index (κ1) is 15.2.